The Kier molecular flexibility index (Phi) is 4.09. The molecule has 1 heterocycles. The SMILES string of the molecule is CC(C)(CO)SSc1ccccn1. The molecule has 0 fully saturated rings. The number of aliphatic hydroxyl groups excluding tert-OH is 1. The Balaban J connectivity index is 2.44. The van der Waals surface area contributed by atoms with Crippen molar-refractivity contribution >= 4 is 21.6 Å². The fraction of sp³-hybridized carbons (Fsp3) is 0.444. The number of rotatable bonds is 4. The van der Waals surface area contributed by atoms with Gasteiger partial charge in [-0.15, -0.1) is 0 Å². The Morgan fingerprint density at radius 2 is 2.23 bits per heavy atom. The molecule has 4 heteroatoms. The van der Waals surface area contributed by atoms with E-state index in [0.717, 1.165) is 5.03 Å². The van der Waals surface area contributed by atoms with Gasteiger partial charge in [-0.3, -0.25) is 0 Å². The van der Waals surface area contributed by atoms with Crippen molar-refractivity contribution in [3.63, 3.8) is 0 Å². The van der Waals surface area contributed by atoms with Crippen molar-refractivity contribution in [2.24, 2.45) is 0 Å². The lowest BCUT2D eigenvalue weighted by molar-refractivity contribution is 0.265. The van der Waals surface area contributed by atoms with Crippen LogP contribution in [0.1, 0.15) is 13.8 Å². The molecule has 0 spiro atoms. The highest BCUT2D eigenvalue weighted by Crippen LogP contribution is 2.39. The Labute approximate surface area is 86.6 Å². The van der Waals surface area contributed by atoms with Crippen molar-refractivity contribution in [3.05, 3.63) is 24.4 Å². The minimum absolute atomic E-state index is 0.109. The van der Waals surface area contributed by atoms with Crippen LogP contribution in [0.5, 0.6) is 0 Å². The number of hydrogen-bond donors (Lipinski definition) is 1. The van der Waals surface area contributed by atoms with E-state index in [1.54, 1.807) is 27.8 Å². The summed E-state index contributed by atoms with van der Waals surface area (Å²) in [5, 5.41) is 10.00. The highest BCUT2D eigenvalue weighted by molar-refractivity contribution is 8.77. The van der Waals surface area contributed by atoms with Crippen molar-refractivity contribution in [3.8, 4) is 0 Å². The molecule has 0 saturated heterocycles. The monoisotopic (exact) mass is 215 g/mol. The van der Waals surface area contributed by atoms with Gasteiger partial charge in [0.25, 0.3) is 0 Å². The molecule has 1 aromatic rings. The minimum atomic E-state index is -0.109. The van der Waals surface area contributed by atoms with Crippen LogP contribution in [0.4, 0.5) is 0 Å². The van der Waals surface area contributed by atoms with Gasteiger partial charge >= 0.3 is 0 Å². The molecule has 1 rings (SSSR count). The van der Waals surface area contributed by atoms with E-state index in [-0.39, 0.29) is 11.4 Å². The molecule has 0 bridgehead atoms. The maximum Gasteiger partial charge on any atom is 0.106 e. The van der Waals surface area contributed by atoms with Crippen LogP contribution < -0.4 is 0 Å². The van der Waals surface area contributed by atoms with Gasteiger partial charge in [0.15, 0.2) is 0 Å². The van der Waals surface area contributed by atoms with Gasteiger partial charge < -0.3 is 5.11 Å². The van der Waals surface area contributed by atoms with Crippen LogP contribution in [-0.2, 0) is 0 Å². The zero-order valence-corrected chi connectivity index (χ0v) is 9.36. The maximum absolute atomic E-state index is 9.02. The third kappa shape index (κ3) is 4.02. The molecule has 0 radical (unpaired) electrons. The zero-order chi connectivity index (χ0) is 9.73. The summed E-state index contributed by atoms with van der Waals surface area (Å²) in [6, 6.07) is 5.82. The minimum Gasteiger partial charge on any atom is -0.395 e. The standard InChI is InChI=1S/C9H13NOS2/c1-9(2,7-11)13-12-8-5-3-4-6-10-8/h3-6,11H,7H2,1-2H3. The maximum atomic E-state index is 9.02. The summed E-state index contributed by atoms with van der Waals surface area (Å²) >= 11 is 0. The van der Waals surface area contributed by atoms with E-state index in [1.807, 2.05) is 32.0 Å². The van der Waals surface area contributed by atoms with Crippen LogP contribution in [0.25, 0.3) is 0 Å². The molecule has 0 aliphatic carbocycles. The third-order valence-corrected chi connectivity index (χ3v) is 4.56. The molecule has 0 amide bonds. The first-order chi connectivity index (χ1) is 6.14. The number of pyridine rings is 1. The summed E-state index contributed by atoms with van der Waals surface area (Å²) in [5.74, 6) is 0. The average molecular weight is 215 g/mol. The first-order valence-electron chi connectivity index (χ1n) is 4.02. The van der Waals surface area contributed by atoms with Crippen LogP contribution >= 0.6 is 21.6 Å². The van der Waals surface area contributed by atoms with E-state index in [1.165, 1.54) is 0 Å². The van der Waals surface area contributed by atoms with Crippen molar-refractivity contribution in [1.29, 1.82) is 0 Å². The molecule has 0 aliphatic heterocycles. The highest BCUT2D eigenvalue weighted by atomic mass is 33.1. The van der Waals surface area contributed by atoms with E-state index in [0.29, 0.717) is 0 Å². The molecule has 72 valence electrons. The van der Waals surface area contributed by atoms with Crippen LogP contribution in [0.15, 0.2) is 29.4 Å². The number of aromatic nitrogens is 1. The Morgan fingerprint density at radius 3 is 2.77 bits per heavy atom. The van der Waals surface area contributed by atoms with Gasteiger partial charge in [0.2, 0.25) is 0 Å². The van der Waals surface area contributed by atoms with Crippen molar-refractivity contribution in [1.82, 2.24) is 4.98 Å². The third-order valence-electron chi connectivity index (χ3n) is 1.37. The normalized spacial score (nSPS) is 11.6. The predicted molar refractivity (Wildman–Crippen MR) is 58.8 cm³/mol. The van der Waals surface area contributed by atoms with Gasteiger partial charge in [0, 0.05) is 10.9 Å². The number of hydrogen-bond acceptors (Lipinski definition) is 4. The summed E-state index contributed by atoms with van der Waals surface area (Å²) in [7, 11) is 3.23. The summed E-state index contributed by atoms with van der Waals surface area (Å²) < 4.78 is -0.109. The molecule has 0 aromatic carbocycles. The second-order valence-electron chi connectivity index (χ2n) is 3.25. The topological polar surface area (TPSA) is 33.1 Å². The fourth-order valence-electron chi connectivity index (χ4n) is 0.578. The summed E-state index contributed by atoms with van der Waals surface area (Å²) in [5.41, 5.74) is 0. The largest absolute Gasteiger partial charge is 0.395 e. The first-order valence-corrected chi connectivity index (χ1v) is 6.17. The Morgan fingerprint density at radius 1 is 1.46 bits per heavy atom. The fourth-order valence-corrected chi connectivity index (χ4v) is 2.57. The molecule has 13 heavy (non-hydrogen) atoms. The Bertz CT molecular complexity index is 251. The van der Waals surface area contributed by atoms with E-state index in [2.05, 4.69) is 4.98 Å². The van der Waals surface area contributed by atoms with Gasteiger partial charge in [-0.25, -0.2) is 4.98 Å². The summed E-state index contributed by atoms with van der Waals surface area (Å²) in [6.45, 7) is 4.19. The highest BCUT2D eigenvalue weighted by Gasteiger charge is 2.17. The lowest BCUT2D eigenvalue weighted by Gasteiger charge is -2.18. The van der Waals surface area contributed by atoms with Gasteiger partial charge in [-0.05, 0) is 36.8 Å². The quantitative estimate of drug-likeness (QED) is 0.783. The second kappa shape index (κ2) is 4.88. The van der Waals surface area contributed by atoms with Crippen LogP contribution in [-0.4, -0.2) is 21.4 Å². The van der Waals surface area contributed by atoms with E-state index in [4.69, 9.17) is 5.11 Å². The van der Waals surface area contributed by atoms with Gasteiger partial charge in [0.1, 0.15) is 5.03 Å². The molecule has 2 nitrogen and oxygen atoms in total. The molecule has 1 N–H and O–H groups in total. The van der Waals surface area contributed by atoms with Crippen LogP contribution in [0.3, 0.4) is 0 Å². The summed E-state index contributed by atoms with van der Waals surface area (Å²) in [4.78, 5) is 4.18. The van der Waals surface area contributed by atoms with Gasteiger partial charge in [0.05, 0.1) is 6.61 Å². The van der Waals surface area contributed by atoms with E-state index < -0.39 is 0 Å². The van der Waals surface area contributed by atoms with Crippen molar-refractivity contribution < 1.29 is 5.11 Å². The second-order valence-corrected chi connectivity index (χ2v) is 6.11. The number of nitrogens with zero attached hydrogens (tertiary/aromatic N) is 1. The lowest BCUT2D eigenvalue weighted by Crippen LogP contribution is -2.18. The Hall–Kier alpha value is -0.190. The summed E-state index contributed by atoms with van der Waals surface area (Å²) in [6.07, 6.45) is 1.77. The van der Waals surface area contributed by atoms with Crippen molar-refractivity contribution in [2.45, 2.75) is 23.6 Å². The average Bonchev–Trinajstić information content (AvgIpc) is 2.17. The molecule has 0 atom stereocenters. The van der Waals surface area contributed by atoms with Crippen LogP contribution in [0.2, 0.25) is 0 Å². The van der Waals surface area contributed by atoms with Crippen molar-refractivity contribution in [2.75, 3.05) is 6.61 Å². The van der Waals surface area contributed by atoms with Gasteiger partial charge in [-0.2, -0.15) is 0 Å². The first kappa shape index (κ1) is 10.9. The van der Waals surface area contributed by atoms with Gasteiger partial charge in [-0.1, -0.05) is 16.9 Å². The molecule has 0 unspecified atom stereocenters. The zero-order valence-electron chi connectivity index (χ0n) is 7.73. The van der Waals surface area contributed by atoms with Crippen LogP contribution in [0, 0.1) is 0 Å². The lowest BCUT2D eigenvalue weighted by atomic mass is 10.2. The molecule has 1 aromatic heterocycles. The number of aliphatic hydroxyl groups is 1. The van der Waals surface area contributed by atoms with E-state index in [9.17, 15) is 0 Å². The smallest absolute Gasteiger partial charge is 0.106 e. The predicted octanol–water partition coefficient (Wildman–Crippen LogP) is 2.59. The molecule has 0 saturated carbocycles. The van der Waals surface area contributed by atoms with E-state index >= 15 is 0 Å². The molecular weight excluding hydrogens is 202 g/mol. The molecular formula is C9H13NOS2. The molecule has 0 aliphatic rings.